The van der Waals surface area contributed by atoms with Gasteiger partial charge in [-0.3, -0.25) is 9.69 Å². The summed E-state index contributed by atoms with van der Waals surface area (Å²) in [7, 11) is 0. The first-order chi connectivity index (χ1) is 11.0. The quantitative estimate of drug-likeness (QED) is 0.803. The first-order valence-corrected chi connectivity index (χ1v) is 9.48. The Labute approximate surface area is 158 Å². The number of hydrogen-bond acceptors (Lipinski definition) is 4. The fourth-order valence-corrected chi connectivity index (χ4v) is 3.34. The molecule has 1 amide bonds. The summed E-state index contributed by atoms with van der Waals surface area (Å²) in [6.07, 6.45) is 2.72. The lowest BCUT2D eigenvalue weighted by Gasteiger charge is -2.36. The number of nitrogens with zero attached hydrogens (tertiary/aromatic N) is 2. The number of carbonyl (C=O) groups is 1. The van der Waals surface area contributed by atoms with Crippen molar-refractivity contribution in [3.05, 3.63) is 34.6 Å². The van der Waals surface area contributed by atoms with Crippen molar-refractivity contribution in [2.24, 2.45) is 5.73 Å². The number of piperazine rings is 1. The predicted molar refractivity (Wildman–Crippen MR) is 101 cm³/mol. The van der Waals surface area contributed by atoms with E-state index in [2.05, 4.69) is 4.90 Å². The second-order valence-corrected chi connectivity index (χ2v) is 7.12. The largest absolute Gasteiger partial charge is 0.339 e. The maximum Gasteiger partial charge on any atom is 0.239 e. The average molecular weight is 396 g/mol. The van der Waals surface area contributed by atoms with Gasteiger partial charge in [0.25, 0.3) is 0 Å². The predicted octanol–water partition coefficient (Wildman–Crippen LogP) is 2.63. The van der Waals surface area contributed by atoms with Crippen molar-refractivity contribution in [3.8, 4) is 0 Å². The van der Waals surface area contributed by atoms with Crippen molar-refractivity contribution in [2.75, 3.05) is 38.2 Å². The van der Waals surface area contributed by atoms with Gasteiger partial charge in [0.05, 0.1) is 6.04 Å². The summed E-state index contributed by atoms with van der Waals surface area (Å²) >= 11 is 7.77. The van der Waals surface area contributed by atoms with Crippen LogP contribution in [-0.2, 0) is 11.3 Å². The summed E-state index contributed by atoms with van der Waals surface area (Å²) in [5, 5.41) is 0.447. The number of carbonyl (C=O) groups excluding carboxylic acids is 1. The number of nitrogens with two attached hydrogens (primary N) is 1. The summed E-state index contributed by atoms with van der Waals surface area (Å²) in [6.45, 7) is 3.55. The number of rotatable bonds is 6. The van der Waals surface area contributed by atoms with Crippen LogP contribution in [0.15, 0.2) is 18.2 Å². The number of hydrogen-bond donors (Lipinski definition) is 1. The molecule has 1 unspecified atom stereocenters. The Morgan fingerprint density at radius 2 is 2.04 bits per heavy atom. The van der Waals surface area contributed by atoms with Gasteiger partial charge in [0.15, 0.2) is 0 Å². The van der Waals surface area contributed by atoms with Crippen molar-refractivity contribution in [3.63, 3.8) is 0 Å². The van der Waals surface area contributed by atoms with Crippen LogP contribution < -0.4 is 5.73 Å². The molecule has 2 N–H and O–H groups in total. The Kier molecular flexibility index (Phi) is 9.37. The van der Waals surface area contributed by atoms with Crippen LogP contribution >= 0.6 is 35.8 Å². The lowest BCUT2D eigenvalue weighted by Crippen LogP contribution is -2.53. The number of halogens is 3. The second-order valence-electron chi connectivity index (χ2n) is 5.73. The molecule has 1 aromatic rings. The fourth-order valence-electron chi connectivity index (χ4n) is 2.62. The van der Waals surface area contributed by atoms with Gasteiger partial charge in [0.1, 0.15) is 5.82 Å². The summed E-state index contributed by atoms with van der Waals surface area (Å²) < 4.78 is 13.1. The second kappa shape index (κ2) is 10.5. The minimum atomic E-state index is -0.402. The van der Waals surface area contributed by atoms with E-state index in [9.17, 15) is 9.18 Å². The van der Waals surface area contributed by atoms with Crippen LogP contribution in [0.3, 0.4) is 0 Å². The van der Waals surface area contributed by atoms with Gasteiger partial charge in [-0.1, -0.05) is 17.7 Å². The van der Waals surface area contributed by atoms with Gasteiger partial charge in [-0.25, -0.2) is 4.39 Å². The van der Waals surface area contributed by atoms with E-state index in [0.29, 0.717) is 31.1 Å². The molecule has 0 saturated carbocycles. The van der Waals surface area contributed by atoms with E-state index in [1.165, 1.54) is 12.1 Å². The van der Waals surface area contributed by atoms with Crippen molar-refractivity contribution >= 4 is 41.7 Å². The molecule has 2 rings (SSSR count). The Hall–Kier alpha value is -0.530. The van der Waals surface area contributed by atoms with Gasteiger partial charge in [-0.15, -0.1) is 12.4 Å². The minimum absolute atomic E-state index is 0. The van der Waals surface area contributed by atoms with Crippen LogP contribution in [-0.4, -0.2) is 59.9 Å². The lowest BCUT2D eigenvalue weighted by molar-refractivity contribution is -0.134. The lowest BCUT2D eigenvalue weighted by atomic mass is 10.1. The topological polar surface area (TPSA) is 49.6 Å². The smallest absolute Gasteiger partial charge is 0.239 e. The molecule has 136 valence electrons. The zero-order valence-corrected chi connectivity index (χ0v) is 16.1. The van der Waals surface area contributed by atoms with E-state index in [0.717, 1.165) is 24.4 Å². The summed E-state index contributed by atoms with van der Waals surface area (Å²) in [5.41, 5.74) is 6.86. The first-order valence-electron chi connectivity index (χ1n) is 7.71. The van der Waals surface area contributed by atoms with Crippen molar-refractivity contribution in [1.29, 1.82) is 0 Å². The Balaban J connectivity index is 0.00000288. The minimum Gasteiger partial charge on any atom is -0.339 e. The summed E-state index contributed by atoms with van der Waals surface area (Å²) in [5.74, 6) is 0.613. The van der Waals surface area contributed by atoms with Crippen LogP contribution in [0.2, 0.25) is 5.02 Å². The van der Waals surface area contributed by atoms with Gasteiger partial charge in [-0.05, 0) is 36.1 Å². The number of benzene rings is 1. The summed E-state index contributed by atoms with van der Waals surface area (Å²) in [4.78, 5) is 16.3. The van der Waals surface area contributed by atoms with E-state index in [-0.39, 0.29) is 24.1 Å². The first kappa shape index (κ1) is 21.5. The third-order valence-corrected chi connectivity index (χ3v) is 5.04. The monoisotopic (exact) mass is 395 g/mol. The Morgan fingerprint density at radius 1 is 1.38 bits per heavy atom. The number of amides is 1. The maximum absolute atomic E-state index is 13.1. The van der Waals surface area contributed by atoms with Crippen LogP contribution in [0.5, 0.6) is 0 Å². The van der Waals surface area contributed by atoms with Gasteiger partial charge < -0.3 is 10.6 Å². The molecule has 1 heterocycles. The molecular weight excluding hydrogens is 372 g/mol. The van der Waals surface area contributed by atoms with Gasteiger partial charge >= 0.3 is 0 Å². The molecule has 24 heavy (non-hydrogen) atoms. The van der Waals surface area contributed by atoms with E-state index >= 15 is 0 Å². The van der Waals surface area contributed by atoms with Crippen LogP contribution in [0.25, 0.3) is 0 Å². The zero-order chi connectivity index (χ0) is 16.8. The Morgan fingerprint density at radius 3 is 2.62 bits per heavy atom. The van der Waals surface area contributed by atoms with Crippen LogP contribution in [0.1, 0.15) is 12.0 Å². The van der Waals surface area contributed by atoms with Crippen molar-refractivity contribution in [2.45, 2.75) is 19.0 Å². The third kappa shape index (κ3) is 6.08. The SMILES string of the molecule is CSCCC(N)C(=O)N1CCN(Cc2ccc(F)cc2Cl)CC1.Cl. The van der Waals surface area contributed by atoms with Gasteiger partial charge in [0, 0.05) is 37.7 Å². The molecule has 0 spiro atoms. The van der Waals surface area contributed by atoms with E-state index in [1.807, 2.05) is 11.2 Å². The molecule has 1 fully saturated rings. The zero-order valence-electron chi connectivity index (χ0n) is 13.7. The normalized spacial score (nSPS) is 16.6. The molecule has 1 atom stereocenters. The third-order valence-electron chi connectivity index (χ3n) is 4.04. The molecule has 1 aromatic carbocycles. The standard InChI is InChI=1S/C16H23ClFN3OS.ClH/c1-23-9-4-15(19)16(22)21-7-5-20(6-8-21)11-12-2-3-13(18)10-14(12)17;/h2-3,10,15H,4-9,11,19H2,1H3;1H. The number of thioether (sulfide) groups is 1. The van der Waals surface area contributed by atoms with Gasteiger partial charge in [-0.2, -0.15) is 11.8 Å². The highest BCUT2D eigenvalue weighted by Gasteiger charge is 2.25. The molecular formula is C16H24Cl2FN3OS. The van der Waals surface area contributed by atoms with Crippen LogP contribution in [0.4, 0.5) is 4.39 Å². The van der Waals surface area contributed by atoms with E-state index < -0.39 is 6.04 Å². The Bertz CT molecular complexity index is 542. The maximum atomic E-state index is 13.1. The fraction of sp³-hybridized carbons (Fsp3) is 0.562. The molecule has 0 bridgehead atoms. The molecule has 1 aliphatic rings. The summed E-state index contributed by atoms with van der Waals surface area (Å²) in [6, 6.07) is 4.07. The van der Waals surface area contributed by atoms with E-state index in [1.54, 1.807) is 17.8 Å². The molecule has 4 nitrogen and oxygen atoms in total. The molecule has 0 aliphatic carbocycles. The van der Waals surface area contributed by atoms with Crippen molar-refractivity contribution in [1.82, 2.24) is 9.80 Å². The van der Waals surface area contributed by atoms with E-state index in [4.69, 9.17) is 17.3 Å². The highest BCUT2D eigenvalue weighted by atomic mass is 35.5. The molecule has 0 radical (unpaired) electrons. The highest BCUT2D eigenvalue weighted by Crippen LogP contribution is 2.20. The van der Waals surface area contributed by atoms with Crippen LogP contribution in [0, 0.1) is 5.82 Å². The van der Waals surface area contributed by atoms with Gasteiger partial charge in [0.2, 0.25) is 5.91 Å². The average Bonchev–Trinajstić information content (AvgIpc) is 2.55. The van der Waals surface area contributed by atoms with Crippen molar-refractivity contribution < 1.29 is 9.18 Å². The molecule has 1 saturated heterocycles. The molecule has 8 heteroatoms. The highest BCUT2D eigenvalue weighted by molar-refractivity contribution is 7.98. The molecule has 1 aliphatic heterocycles. The molecule has 0 aromatic heterocycles.